The number of anilines is 1. The molecular weight excluding hydrogens is 316 g/mol. The van der Waals surface area contributed by atoms with E-state index in [1.807, 2.05) is 18.2 Å². The SMILES string of the molecule is COc1ccccc1NC(=O)c1csc(-c2ccc(C)s2)n1. The number of hydrogen-bond acceptors (Lipinski definition) is 5. The van der Waals surface area contributed by atoms with Crippen LogP contribution in [0.4, 0.5) is 5.69 Å². The van der Waals surface area contributed by atoms with Gasteiger partial charge in [0.25, 0.3) is 5.91 Å². The van der Waals surface area contributed by atoms with Gasteiger partial charge in [0.05, 0.1) is 17.7 Å². The van der Waals surface area contributed by atoms with Crippen LogP contribution in [0.5, 0.6) is 5.75 Å². The quantitative estimate of drug-likeness (QED) is 0.769. The van der Waals surface area contributed by atoms with Gasteiger partial charge in [-0.15, -0.1) is 22.7 Å². The lowest BCUT2D eigenvalue weighted by molar-refractivity contribution is 0.102. The van der Waals surface area contributed by atoms with Crippen LogP contribution in [0, 0.1) is 6.92 Å². The highest BCUT2D eigenvalue weighted by molar-refractivity contribution is 7.21. The summed E-state index contributed by atoms with van der Waals surface area (Å²) in [5.74, 6) is 0.389. The van der Waals surface area contributed by atoms with Crippen LogP contribution in [0.15, 0.2) is 41.8 Å². The number of nitrogens with zero attached hydrogens (tertiary/aromatic N) is 1. The molecule has 1 amide bonds. The normalized spacial score (nSPS) is 10.5. The van der Waals surface area contributed by atoms with Crippen molar-refractivity contribution in [1.82, 2.24) is 4.98 Å². The van der Waals surface area contributed by atoms with E-state index in [4.69, 9.17) is 4.74 Å². The zero-order valence-electron chi connectivity index (χ0n) is 12.1. The summed E-state index contributed by atoms with van der Waals surface area (Å²) in [6.45, 7) is 2.05. The Kier molecular flexibility index (Phi) is 4.22. The third kappa shape index (κ3) is 3.03. The standard InChI is InChI=1S/C16H14N2O2S2/c1-10-7-8-14(22-10)16-18-12(9-21-16)15(19)17-11-5-3-4-6-13(11)20-2/h3-9H,1-2H3,(H,17,19). The molecule has 0 atom stereocenters. The van der Waals surface area contributed by atoms with Crippen LogP contribution in [0.25, 0.3) is 9.88 Å². The van der Waals surface area contributed by atoms with E-state index in [2.05, 4.69) is 23.3 Å². The van der Waals surface area contributed by atoms with Gasteiger partial charge in [0.15, 0.2) is 0 Å². The molecule has 3 rings (SSSR count). The average Bonchev–Trinajstić information content (AvgIpc) is 3.16. The maximum absolute atomic E-state index is 12.3. The molecular formula is C16H14N2O2S2. The minimum Gasteiger partial charge on any atom is -0.495 e. The number of thiophene rings is 1. The second-order valence-electron chi connectivity index (χ2n) is 4.60. The summed E-state index contributed by atoms with van der Waals surface area (Å²) in [4.78, 5) is 19.0. The van der Waals surface area contributed by atoms with E-state index >= 15 is 0 Å². The first-order valence-corrected chi connectivity index (χ1v) is 8.33. The number of carbonyl (C=O) groups is 1. The number of thiazole rings is 1. The second-order valence-corrected chi connectivity index (χ2v) is 6.75. The van der Waals surface area contributed by atoms with Gasteiger partial charge in [-0.1, -0.05) is 12.1 Å². The van der Waals surface area contributed by atoms with Crippen molar-refractivity contribution in [2.45, 2.75) is 6.92 Å². The molecule has 0 aliphatic heterocycles. The number of aryl methyl sites for hydroxylation is 1. The first-order valence-electron chi connectivity index (χ1n) is 6.64. The Morgan fingerprint density at radius 3 is 2.77 bits per heavy atom. The molecule has 6 heteroatoms. The van der Waals surface area contributed by atoms with Crippen molar-refractivity contribution in [2.75, 3.05) is 12.4 Å². The molecule has 2 aromatic heterocycles. The Balaban J connectivity index is 1.80. The van der Waals surface area contributed by atoms with Gasteiger partial charge in [0, 0.05) is 10.3 Å². The molecule has 22 heavy (non-hydrogen) atoms. The lowest BCUT2D eigenvalue weighted by Crippen LogP contribution is -2.12. The largest absolute Gasteiger partial charge is 0.495 e. The van der Waals surface area contributed by atoms with Gasteiger partial charge in [-0.3, -0.25) is 4.79 Å². The second kappa shape index (κ2) is 6.29. The van der Waals surface area contributed by atoms with Crippen molar-refractivity contribution in [1.29, 1.82) is 0 Å². The van der Waals surface area contributed by atoms with Crippen LogP contribution in [0.1, 0.15) is 15.4 Å². The van der Waals surface area contributed by atoms with Crippen LogP contribution in [-0.2, 0) is 0 Å². The third-order valence-electron chi connectivity index (χ3n) is 3.04. The molecule has 0 saturated heterocycles. The maximum atomic E-state index is 12.3. The monoisotopic (exact) mass is 330 g/mol. The number of nitrogens with one attached hydrogen (secondary N) is 1. The van der Waals surface area contributed by atoms with E-state index in [0.29, 0.717) is 17.1 Å². The van der Waals surface area contributed by atoms with Crippen molar-refractivity contribution in [3.63, 3.8) is 0 Å². The molecule has 0 spiro atoms. The van der Waals surface area contributed by atoms with Gasteiger partial charge >= 0.3 is 0 Å². The highest BCUT2D eigenvalue weighted by Crippen LogP contribution is 2.30. The summed E-state index contributed by atoms with van der Waals surface area (Å²) in [6.07, 6.45) is 0. The molecule has 4 nitrogen and oxygen atoms in total. The molecule has 0 aliphatic rings. The number of hydrogen-bond donors (Lipinski definition) is 1. The van der Waals surface area contributed by atoms with E-state index in [9.17, 15) is 4.79 Å². The minimum absolute atomic E-state index is 0.236. The average molecular weight is 330 g/mol. The Labute approximate surface area is 136 Å². The van der Waals surface area contributed by atoms with Crippen molar-refractivity contribution in [3.8, 4) is 15.6 Å². The van der Waals surface area contributed by atoms with Crippen molar-refractivity contribution >= 4 is 34.3 Å². The molecule has 1 N–H and O–H groups in total. The molecule has 0 unspecified atom stereocenters. The summed E-state index contributed by atoms with van der Waals surface area (Å²) < 4.78 is 5.23. The topological polar surface area (TPSA) is 51.2 Å². The zero-order chi connectivity index (χ0) is 15.5. The molecule has 3 aromatic rings. The molecule has 2 heterocycles. The number of benzene rings is 1. The van der Waals surface area contributed by atoms with Crippen LogP contribution < -0.4 is 10.1 Å². The van der Waals surface area contributed by atoms with Crippen LogP contribution >= 0.6 is 22.7 Å². The van der Waals surface area contributed by atoms with Gasteiger partial charge in [0.1, 0.15) is 16.5 Å². The van der Waals surface area contributed by atoms with Gasteiger partial charge in [-0.2, -0.15) is 0 Å². The van der Waals surface area contributed by atoms with E-state index < -0.39 is 0 Å². The third-order valence-corrected chi connectivity index (χ3v) is 5.06. The smallest absolute Gasteiger partial charge is 0.275 e. The van der Waals surface area contributed by atoms with Crippen molar-refractivity contribution in [2.24, 2.45) is 0 Å². The highest BCUT2D eigenvalue weighted by Gasteiger charge is 2.14. The fourth-order valence-corrected chi connectivity index (χ4v) is 3.71. The Morgan fingerprint density at radius 1 is 1.23 bits per heavy atom. The van der Waals surface area contributed by atoms with Gasteiger partial charge in [-0.25, -0.2) is 4.98 Å². The fraction of sp³-hybridized carbons (Fsp3) is 0.125. The zero-order valence-corrected chi connectivity index (χ0v) is 13.8. The van der Waals surface area contributed by atoms with E-state index in [1.54, 1.807) is 36.0 Å². The lowest BCUT2D eigenvalue weighted by atomic mass is 10.3. The summed E-state index contributed by atoms with van der Waals surface area (Å²) in [5.41, 5.74) is 1.05. The number of methoxy groups -OCH3 is 1. The van der Waals surface area contributed by atoms with Crippen LogP contribution in [-0.4, -0.2) is 18.0 Å². The summed E-state index contributed by atoms with van der Waals surface area (Å²) >= 11 is 3.14. The molecule has 112 valence electrons. The van der Waals surface area contributed by atoms with Crippen LogP contribution in [0.3, 0.4) is 0 Å². The highest BCUT2D eigenvalue weighted by atomic mass is 32.1. The van der Waals surface area contributed by atoms with Crippen molar-refractivity contribution < 1.29 is 9.53 Å². The first-order chi connectivity index (χ1) is 10.7. The molecule has 0 radical (unpaired) electrons. The lowest BCUT2D eigenvalue weighted by Gasteiger charge is -2.08. The van der Waals surface area contributed by atoms with Gasteiger partial charge in [-0.05, 0) is 31.2 Å². The van der Waals surface area contributed by atoms with E-state index in [0.717, 1.165) is 9.88 Å². The Hall–Kier alpha value is -2.18. The molecule has 0 aliphatic carbocycles. The summed E-state index contributed by atoms with van der Waals surface area (Å²) in [7, 11) is 1.57. The van der Waals surface area contributed by atoms with Gasteiger partial charge in [0.2, 0.25) is 0 Å². The van der Waals surface area contributed by atoms with E-state index in [1.165, 1.54) is 16.2 Å². The minimum atomic E-state index is -0.236. The number of para-hydroxylation sites is 2. The predicted octanol–water partition coefficient (Wildman–Crippen LogP) is 4.44. The Bertz CT molecular complexity index is 808. The number of aromatic nitrogens is 1. The Morgan fingerprint density at radius 2 is 2.05 bits per heavy atom. The first kappa shape index (κ1) is 14.7. The molecule has 0 fully saturated rings. The maximum Gasteiger partial charge on any atom is 0.275 e. The van der Waals surface area contributed by atoms with Crippen LogP contribution in [0.2, 0.25) is 0 Å². The number of amides is 1. The number of rotatable bonds is 4. The van der Waals surface area contributed by atoms with Crippen molar-refractivity contribution in [3.05, 3.63) is 52.3 Å². The van der Waals surface area contributed by atoms with E-state index in [-0.39, 0.29) is 5.91 Å². The predicted molar refractivity (Wildman–Crippen MR) is 91.1 cm³/mol. The molecule has 0 saturated carbocycles. The number of carbonyl (C=O) groups excluding carboxylic acids is 1. The number of ether oxygens (including phenoxy) is 1. The van der Waals surface area contributed by atoms with Gasteiger partial charge < -0.3 is 10.1 Å². The summed E-state index contributed by atoms with van der Waals surface area (Å²) in [5, 5.41) is 5.47. The fourth-order valence-electron chi connectivity index (χ4n) is 1.97. The molecule has 0 bridgehead atoms. The summed E-state index contributed by atoms with van der Waals surface area (Å²) in [6, 6.07) is 11.4. The molecule has 1 aromatic carbocycles.